The second-order valence-electron chi connectivity index (χ2n) is 6.15. The summed E-state index contributed by atoms with van der Waals surface area (Å²) in [6.45, 7) is 0.211. The number of rotatable bonds is 3. The third-order valence-corrected chi connectivity index (χ3v) is 4.49. The monoisotopic (exact) mass is 396 g/mol. The van der Waals surface area contributed by atoms with Crippen LogP contribution in [0.1, 0.15) is 5.56 Å². The van der Waals surface area contributed by atoms with Crippen LogP contribution in [-0.2, 0) is 6.54 Å². The van der Waals surface area contributed by atoms with Crippen molar-refractivity contribution >= 4 is 28.3 Å². The van der Waals surface area contributed by atoms with Crippen LogP contribution < -0.4 is 11.2 Å². The van der Waals surface area contributed by atoms with Crippen molar-refractivity contribution in [2.75, 3.05) is 0 Å². The summed E-state index contributed by atoms with van der Waals surface area (Å²) in [7, 11) is 0. The Labute approximate surface area is 163 Å². The van der Waals surface area contributed by atoms with Crippen LogP contribution in [0.4, 0.5) is 10.1 Å². The molecule has 5 nitrogen and oxygen atoms in total. The lowest BCUT2D eigenvalue weighted by Gasteiger charge is -2.09. The summed E-state index contributed by atoms with van der Waals surface area (Å²) in [5.41, 5.74) is 1.78. The molecule has 4 aromatic rings. The van der Waals surface area contributed by atoms with E-state index in [2.05, 4.69) is 4.99 Å². The lowest BCUT2D eigenvalue weighted by molar-refractivity contribution is 0.461. The molecule has 0 bridgehead atoms. The summed E-state index contributed by atoms with van der Waals surface area (Å²) in [4.78, 5) is 17.2. The van der Waals surface area contributed by atoms with Gasteiger partial charge in [-0.2, -0.15) is 0 Å². The molecular formula is C21H14ClFN2O3. The molecule has 0 fully saturated rings. The zero-order valence-electron chi connectivity index (χ0n) is 14.5. The molecule has 1 N–H and O–H groups in total. The van der Waals surface area contributed by atoms with Crippen LogP contribution in [0.2, 0.25) is 5.02 Å². The van der Waals surface area contributed by atoms with E-state index in [1.54, 1.807) is 0 Å². The molecule has 0 saturated heterocycles. The summed E-state index contributed by atoms with van der Waals surface area (Å²) >= 11 is 5.86. The first-order valence-corrected chi connectivity index (χ1v) is 8.79. The van der Waals surface area contributed by atoms with E-state index < -0.39 is 11.6 Å². The first-order valence-electron chi connectivity index (χ1n) is 8.41. The Bertz CT molecular complexity index is 1300. The Hall–Kier alpha value is -3.38. The topological polar surface area (TPSA) is 67.7 Å². The van der Waals surface area contributed by atoms with Crippen LogP contribution in [0.15, 0.2) is 80.9 Å². The van der Waals surface area contributed by atoms with Gasteiger partial charge in [0.2, 0.25) is 0 Å². The molecule has 0 aliphatic carbocycles. The SMILES string of the molecule is O=c1oc2ccc(O)cc2c(=Nc2ccc(F)c(Cl)c2)n1Cc1ccccc1. The highest BCUT2D eigenvalue weighted by Gasteiger charge is 2.11. The van der Waals surface area contributed by atoms with Gasteiger partial charge in [0, 0.05) is 0 Å². The predicted molar refractivity (Wildman–Crippen MR) is 104 cm³/mol. The van der Waals surface area contributed by atoms with Crippen LogP contribution in [0, 0.1) is 5.82 Å². The van der Waals surface area contributed by atoms with Crippen LogP contribution in [0.3, 0.4) is 0 Å². The first kappa shape index (κ1) is 18.0. The fourth-order valence-electron chi connectivity index (χ4n) is 2.87. The average Bonchev–Trinajstić information content (AvgIpc) is 2.69. The van der Waals surface area contributed by atoms with Crippen LogP contribution in [-0.4, -0.2) is 9.67 Å². The standard InChI is InChI=1S/C21H14ClFN2O3/c22-17-10-14(6-8-18(17)23)24-20-16-11-15(26)7-9-19(16)28-21(27)25(20)12-13-4-2-1-3-5-13/h1-11,26H,12H2. The summed E-state index contributed by atoms with van der Waals surface area (Å²) in [5, 5.41) is 10.3. The van der Waals surface area contributed by atoms with Gasteiger partial charge in [0.25, 0.3) is 0 Å². The highest BCUT2D eigenvalue weighted by atomic mass is 35.5. The van der Waals surface area contributed by atoms with E-state index in [-0.39, 0.29) is 28.4 Å². The van der Waals surface area contributed by atoms with Crippen LogP contribution in [0.25, 0.3) is 11.0 Å². The molecule has 0 unspecified atom stereocenters. The molecule has 1 heterocycles. The molecular weight excluding hydrogens is 383 g/mol. The van der Waals surface area contributed by atoms with Crippen molar-refractivity contribution in [2.45, 2.75) is 6.54 Å². The van der Waals surface area contributed by atoms with Gasteiger partial charge in [-0.3, -0.25) is 4.57 Å². The number of phenolic OH excluding ortho intramolecular Hbond substituents is 1. The zero-order chi connectivity index (χ0) is 19.7. The molecule has 4 rings (SSSR count). The first-order chi connectivity index (χ1) is 13.5. The summed E-state index contributed by atoms with van der Waals surface area (Å²) in [6.07, 6.45) is 0. The maximum absolute atomic E-state index is 13.5. The van der Waals surface area contributed by atoms with Crippen molar-refractivity contribution in [3.05, 3.63) is 99.2 Å². The van der Waals surface area contributed by atoms with E-state index in [1.807, 2.05) is 30.3 Å². The molecule has 0 saturated carbocycles. The lowest BCUT2D eigenvalue weighted by Crippen LogP contribution is -2.33. The predicted octanol–water partition coefficient (Wildman–Crippen LogP) is 4.37. The summed E-state index contributed by atoms with van der Waals surface area (Å²) < 4.78 is 20.2. The number of aromatic hydroxyl groups is 1. The van der Waals surface area contributed by atoms with Gasteiger partial charge < -0.3 is 9.52 Å². The van der Waals surface area contributed by atoms with Gasteiger partial charge in [-0.05, 0) is 42.0 Å². The van der Waals surface area contributed by atoms with E-state index in [0.29, 0.717) is 11.1 Å². The normalized spacial score (nSPS) is 11.9. The van der Waals surface area contributed by atoms with Gasteiger partial charge >= 0.3 is 5.76 Å². The minimum atomic E-state index is -0.603. The van der Waals surface area contributed by atoms with Gasteiger partial charge in [0.15, 0.2) is 0 Å². The maximum atomic E-state index is 13.5. The number of halogens is 2. The van der Waals surface area contributed by atoms with E-state index >= 15 is 0 Å². The van der Waals surface area contributed by atoms with Gasteiger partial charge in [-0.15, -0.1) is 0 Å². The van der Waals surface area contributed by atoms with E-state index in [0.717, 1.165) is 5.56 Å². The van der Waals surface area contributed by atoms with Crippen molar-refractivity contribution in [1.29, 1.82) is 0 Å². The molecule has 0 atom stereocenters. The lowest BCUT2D eigenvalue weighted by atomic mass is 10.2. The molecule has 0 aliphatic rings. The van der Waals surface area contributed by atoms with Crippen molar-refractivity contribution in [3.8, 4) is 5.75 Å². The Morgan fingerprint density at radius 3 is 2.61 bits per heavy atom. The number of phenols is 1. The Morgan fingerprint density at radius 2 is 1.86 bits per heavy atom. The number of nitrogens with zero attached hydrogens (tertiary/aromatic N) is 2. The molecule has 0 aliphatic heterocycles. The fraction of sp³-hybridized carbons (Fsp3) is 0.0476. The number of hydrogen-bond acceptors (Lipinski definition) is 4. The quantitative estimate of drug-likeness (QED) is 0.559. The van der Waals surface area contributed by atoms with E-state index in [1.165, 1.54) is 41.0 Å². The maximum Gasteiger partial charge on any atom is 0.421 e. The van der Waals surface area contributed by atoms with Gasteiger partial charge in [-0.1, -0.05) is 41.9 Å². The Balaban J connectivity index is 2.03. The number of aromatic nitrogens is 1. The molecule has 7 heteroatoms. The summed E-state index contributed by atoms with van der Waals surface area (Å²) in [6, 6.07) is 17.8. The average molecular weight is 397 g/mol. The van der Waals surface area contributed by atoms with Crippen LogP contribution >= 0.6 is 11.6 Å². The number of benzene rings is 3. The summed E-state index contributed by atoms with van der Waals surface area (Å²) in [5.74, 6) is -1.16. The molecule has 0 amide bonds. The van der Waals surface area contributed by atoms with Gasteiger partial charge in [-0.25, -0.2) is 14.2 Å². The van der Waals surface area contributed by atoms with Crippen LogP contribution in [0.5, 0.6) is 5.75 Å². The van der Waals surface area contributed by atoms with Gasteiger partial charge in [0.1, 0.15) is 22.6 Å². The Morgan fingerprint density at radius 1 is 1.07 bits per heavy atom. The van der Waals surface area contributed by atoms with E-state index in [4.69, 9.17) is 16.0 Å². The molecule has 1 aromatic heterocycles. The molecule has 3 aromatic carbocycles. The van der Waals surface area contributed by atoms with Crippen molar-refractivity contribution in [3.63, 3.8) is 0 Å². The number of hydrogen-bond donors (Lipinski definition) is 1. The molecule has 28 heavy (non-hydrogen) atoms. The minimum absolute atomic E-state index is 0.00111. The molecule has 140 valence electrons. The second-order valence-corrected chi connectivity index (χ2v) is 6.56. The third-order valence-electron chi connectivity index (χ3n) is 4.20. The van der Waals surface area contributed by atoms with Crippen molar-refractivity contribution < 1.29 is 13.9 Å². The fourth-order valence-corrected chi connectivity index (χ4v) is 3.04. The van der Waals surface area contributed by atoms with Gasteiger partial charge in [0.05, 0.1) is 22.6 Å². The van der Waals surface area contributed by atoms with Crippen molar-refractivity contribution in [1.82, 2.24) is 4.57 Å². The van der Waals surface area contributed by atoms with E-state index in [9.17, 15) is 14.3 Å². The van der Waals surface area contributed by atoms with Crippen molar-refractivity contribution in [2.24, 2.45) is 4.99 Å². The zero-order valence-corrected chi connectivity index (χ0v) is 15.2. The largest absolute Gasteiger partial charge is 0.508 e. The highest BCUT2D eigenvalue weighted by molar-refractivity contribution is 6.31. The number of fused-ring (bicyclic) bond motifs is 1. The second kappa shape index (κ2) is 7.32. The highest BCUT2D eigenvalue weighted by Crippen LogP contribution is 2.22. The third kappa shape index (κ3) is 3.54. The smallest absolute Gasteiger partial charge is 0.421 e. The minimum Gasteiger partial charge on any atom is -0.508 e. The Kier molecular flexibility index (Phi) is 4.71. The molecule has 0 radical (unpaired) electrons. The molecule has 0 spiro atoms.